The van der Waals surface area contributed by atoms with E-state index in [0.29, 0.717) is 0 Å². The Kier molecular flexibility index (Phi) is 4.78. The molecule has 114 valence electrons. The van der Waals surface area contributed by atoms with Crippen molar-refractivity contribution in [3.05, 3.63) is 40.1 Å². The van der Waals surface area contributed by atoms with Crippen LogP contribution in [-0.4, -0.2) is 14.2 Å². The Morgan fingerprint density at radius 3 is 2.10 bits per heavy atom. The lowest BCUT2D eigenvalue weighted by molar-refractivity contribution is 0.394. The number of anilines is 1. The third-order valence-corrected chi connectivity index (χ3v) is 4.73. The summed E-state index contributed by atoms with van der Waals surface area (Å²) in [6, 6.07) is 10.2. The first-order chi connectivity index (χ1) is 9.92. The number of methoxy groups -OCH3 is 2. The molecule has 1 aromatic heterocycles. The average Bonchev–Trinajstić information content (AvgIpc) is 2.93. The zero-order chi connectivity index (χ0) is 15.5. The molecule has 0 aliphatic carbocycles. The Labute approximate surface area is 130 Å². The van der Waals surface area contributed by atoms with Gasteiger partial charge in [0.15, 0.2) is 0 Å². The zero-order valence-electron chi connectivity index (χ0n) is 13.3. The van der Waals surface area contributed by atoms with E-state index < -0.39 is 0 Å². The molecular formula is C17H23NO2S. The monoisotopic (exact) mass is 305 g/mol. The number of ether oxygens (including phenoxy) is 2. The number of thiophene rings is 1. The van der Waals surface area contributed by atoms with Crippen molar-refractivity contribution in [2.45, 2.75) is 32.7 Å². The fraction of sp³-hybridized carbons (Fsp3) is 0.412. The van der Waals surface area contributed by atoms with E-state index in [9.17, 15) is 0 Å². The summed E-state index contributed by atoms with van der Waals surface area (Å²) in [6.07, 6.45) is 0. The molecule has 3 nitrogen and oxygen atoms in total. The maximum Gasteiger partial charge on any atom is 0.124 e. The predicted octanol–water partition coefficient (Wildman–Crippen LogP) is 4.67. The van der Waals surface area contributed by atoms with Gasteiger partial charge in [-0.1, -0.05) is 20.8 Å². The third kappa shape index (κ3) is 4.14. The molecule has 1 N–H and O–H groups in total. The summed E-state index contributed by atoms with van der Waals surface area (Å²) in [5.74, 6) is 1.58. The van der Waals surface area contributed by atoms with E-state index in [2.05, 4.69) is 38.2 Å². The van der Waals surface area contributed by atoms with Crippen LogP contribution in [0.2, 0.25) is 0 Å². The molecule has 2 aromatic rings. The molecule has 0 spiro atoms. The molecule has 4 heteroatoms. The van der Waals surface area contributed by atoms with Crippen LogP contribution in [0.5, 0.6) is 11.5 Å². The summed E-state index contributed by atoms with van der Waals surface area (Å²) in [5.41, 5.74) is 1.21. The highest BCUT2D eigenvalue weighted by Gasteiger charge is 2.15. The lowest BCUT2D eigenvalue weighted by Crippen LogP contribution is -2.07. The minimum Gasteiger partial charge on any atom is -0.497 e. The van der Waals surface area contributed by atoms with Gasteiger partial charge in [-0.3, -0.25) is 0 Å². The fourth-order valence-electron chi connectivity index (χ4n) is 1.97. The van der Waals surface area contributed by atoms with Gasteiger partial charge in [0.2, 0.25) is 0 Å². The molecular weight excluding hydrogens is 282 g/mol. The quantitative estimate of drug-likeness (QED) is 0.870. The standard InChI is InChI=1S/C17H23NO2S/c1-17(2,3)16-7-6-15(21-16)11-18-12-8-13(19-4)10-14(9-12)20-5/h6-10,18H,11H2,1-5H3. The highest BCUT2D eigenvalue weighted by atomic mass is 32.1. The van der Waals surface area contributed by atoms with Crippen LogP contribution < -0.4 is 14.8 Å². The highest BCUT2D eigenvalue weighted by Crippen LogP contribution is 2.30. The minimum absolute atomic E-state index is 0.210. The second-order valence-corrected chi connectivity index (χ2v) is 7.14. The average molecular weight is 305 g/mol. The smallest absolute Gasteiger partial charge is 0.124 e. The van der Waals surface area contributed by atoms with Gasteiger partial charge in [-0.15, -0.1) is 11.3 Å². The van der Waals surface area contributed by atoms with Crippen LogP contribution in [0.3, 0.4) is 0 Å². The van der Waals surface area contributed by atoms with Crippen LogP contribution in [0.15, 0.2) is 30.3 Å². The molecule has 21 heavy (non-hydrogen) atoms. The van der Waals surface area contributed by atoms with Gasteiger partial charge < -0.3 is 14.8 Å². The number of rotatable bonds is 5. The highest BCUT2D eigenvalue weighted by molar-refractivity contribution is 7.12. The minimum atomic E-state index is 0.210. The van der Waals surface area contributed by atoms with Gasteiger partial charge in [0.05, 0.1) is 14.2 Å². The molecule has 0 aliphatic rings. The summed E-state index contributed by atoms with van der Waals surface area (Å²) in [6.45, 7) is 7.52. The Bertz CT molecular complexity index is 577. The van der Waals surface area contributed by atoms with Gasteiger partial charge in [0.1, 0.15) is 11.5 Å². The summed E-state index contributed by atoms with van der Waals surface area (Å²) in [4.78, 5) is 2.73. The summed E-state index contributed by atoms with van der Waals surface area (Å²) in [7, 11) is 3.32. The molecule has 0 aliphatic heterocycles. The van der Waals surface area contributed by atoms with E-state index in [1.54, 1.807) is 14.2 Å². The molecule has 0 bridgehead atoms. The molecule has 1 heterocycles. The van der Waals surface area contributed by atoms with E-state index in [4.69, 9.17) is 9.47 Å². The van der Waals surface area contributed by atoms with Gasteiger partial charge in [-0.25, -0.2) is 0 Å². The number of nitrogens with one attached hydrogen (secondary N) is 1. The van der Waals surface area contributed by atoms with Crippen LogP contribution >= 0.6 is 11.3 Å². The van der Waals surface area contributed by atoms with Crippen molar-refractivity contribution in [1.82, 2.24) is 0 Å². The predicted molar refractivity (Wildman–Crippen MR) is 89.9 cm³/mol. The lowest BCUT2D eigenvalue weighted by Gasteiger charge is -2.15. The first-order valence-electron chi connectivity index (χ1n) is 6.98. The maximum absolute atomic E-state index is 5.28. The van der Waals surface area contributed by atoms with Gasteiger partial charge >= 0.3 is 0 Å². The van der Waals surface area contributed by atoms with Crippen molar-refractivity contribution in [2.24, 2.45) is 0 Å². The van der Waals surface area contributed by atoms with Crippen molar-refractivity contribution >= 4 is 17.0 Å². The second-order valence-electron chi connectivity index (χ2n) is 5.97. The molecule has 0 unspecified atom stereocenters. The van der Waals surface area contributed by atoms with Crippen molar-refractivity contribution in [1.29, 1.82) is 0 Å². The van der Waals surface area contributed by atoms with Gasteiger partial charge in [-0.05, 0) is 17.5 Å². The van der Waals surface area contributed by atoms with Crippen LogP contribution in [-0.2, 0) is 12.0 Å². The van der Waals surface area contributed by atoms with Crippen molar-refractivity contribution in [3.63, 3.8) is 0 Å². The maximum atomic E-state index is 5.28. The fourth-order valence-corrected chi connectivity index (χ4v) is 2.98. The largest absolute Gasteiger partial charge is 0.497 e. The summed E-state index contributed by atoms with van der Waals surface area (Å²) in [5, 5.41) is 3.43. The molecule has 0 fully saturated rings. The molecule has 2 rings (SSSR count). The van der Waals surface area contributed by atoms with E-state index in [0.717, 1.165) is 23.7 Å². The Morgan fingerprint density at radius 2 is 1.62 bits per heavy atom. The van der Waals surface area contributed by atoms with E-state index in [1.807, 2.05) is 29.5 Å². The molecule has 0 saturated carbocycles. The molecule has 0 atom stereocenters. The molecule has 0 saturated heterocycles. The third-order valence-electron chi connectivity index (χ3n) is 3.22. The van der Waals surface area contributed by atoms with Crippen LogP contribution in [0, 0.1) is 0 Å². The van der Waals surface area contributed by atoms with E-state index >= 15 is 0 Å². The first kappa shape index (κ1) is 15.7. The van der Waals surface area contributed by atoms with Crippen molar-refractivity contribution < 1.29 is 9.47 Å². The number of hydrogen-bond acceptors (Lipinski definition) is 4. The number of benzene rings is 1. The van der Waals surface area contributed by atoms with Crippen LogP contribution in [0.4, 0.5) is 5.69 Å². The Balaban J connectivity index is 2.07. The molecule has 0 radical (unpaired) electrons. The SMILES string of the molecule is COc1cc(NCc2ccc(C(C)(C)C)s2)cc(OC)c1. The van der Waals surface area contributed by atoms with Crippen LogP contribution in [0.1, 0.15) is 30.5 Å². The topological polar surface area (TPSA) is 30.5 Å². The van der Waals surface area contributed by atoms with Crippen molar-refractivity contribution in [3.8, 4) is 11.5 Å². The van der Waals surface area contributed by atoms with E-state index in [-0.39, 0.29) is 5.41 Å². The van der Waals surface area contributed by atoms with Gasteiger partial charge in [-0.2, -0.15) is 0 Å². The summed E-state index contributed by atoms with van der Waals surface area (Å²) < 4.78 is 10.6. The zero-order valence-corrected chi connectivity index (χ0v) is 14.1. The van der Waals surface area contributed by atoms with Gasteiger partial charge in [0.25, 0.3) is 0 Å². The van der Waals surface area contributed by atoms with E-state index in [1.165, 1.54) is 9.75 Å². The first-order valence-corrected chi connectivity index (χ1v) is 7.80. The van der Waals surface area contributed by atoms with Crippen molar-refractivity contribution in [2.75, 3.05) is 19.5 Å². The van der Waals surface area contributed by atoms with Crippen LogP contribution in [0.25, 0.3) is 0 Å². The van der Waals surface area contributed by atoms with Gasteiger partial charge in [0, 0.05) is 40.2 Å². The Hall–Kier alpha value is -1.68. The lowest BCUT2D eigenvalue weighted by atomic mass is 9.95. The number of hydrogen-bond donors (Lipinski definition) is 1. The molecule has 0 amide bonds. The molecule has 1 aromatic carbocycles. The normalized spacial score (nSPS) is 11.3. The Morgan fingerprint density at radius 1 is 1.00 bits per heavy atom. The summed E-state index contributed by atoms with van der Waals surface area (Å²) >= 11 is 1.85. The second kappa shape index (κ2) is 6.39.